The summed E-state index contributed by atoms with van der Waals surface area (Å²) in [6, 6.07) is 3.93. The summed E-state index contributed by atoms with van der Waals surface area (Å²) in [5.41, 5.74) is 3.84. The van der Waals surface area contributed by atoms with Crippen LogP contribution in [0, 0.1) is 18.6 Å². The van der Waals surface area contributed by atoms with Gasteiger partial charge in [0.25, 0.3) is 0 Å². The summed E-state index contributed by atoms with van der Waals surface area (Å²) in [5, 5.41) is 0. The number of nitrogens with zero attached hydrogens (tertiary/aromatic N) is 4. The van der Waals surface area contributed by atoms with Gasteiger partial charge in [0, 0.05) is 12.4 Å². The first-order valence-electron chi connectivity index (χ1n) is 5.97. The first kappa shape index (κ1) is 12.0. The number of aryl methyl sites for hydroxylation is 2. The third kappa shape index (κ3) is 2.26. The number of aromatic amines is 1. The summed E-state index contributed by atoms with van der Waals surface area (Å²) in [4.78, 5) is 16.1. The fourth-order valence-corrected chi connectivity index (χ4v) is 2.31. The van der Waals surface area contributed by atoms with Gasteiger partial charge in [-0.2, -0.15) is 0 Å². The molecule has 1 N–H and O–H groups in total. The number of fused-ring (bicyclic) bond motifs is 1. The Morgan fingerprint density at radius 1 is 1.32 bits per heavy atom. The van der Waals surface area contributed by atoms with Crippen LogP contribution in [-0.2, 0) is 6.54 Å². The molecular weight excluding hydrogens is 258 g/mol. The molecule has 0 saturated heterocycles. The van der Waals surface area contributed by atoms with Crippen LogP contribution in [0.5, 0.6) is 0 Å². The number of nitrogens with one attached hydrogen (secondary N) is 1. The van der Waals surface area contributed by atoms with Gasteiger partial charge in [-0.3, -0.25) is 4.57 Å². The van der Waals surface area contributed by atoms with E-state index in [1.807, 2.05) is 36.7 Å². The van der Waals surface area contributed by atoms with E-state index < -0.39 is 0 Å². The summed E-state index contributed by atoms with van der Waals surface area (Å²) >= 11 is 5.35. The van der Waals surface area contributed by atoms with E-state index in [9.17, 15) is 0 Å². The van der Waals surface area contributed by atoms with Gasteiger partial charge in [-0.1, -0.05) is 0 Å². The van der Waals surface area contributed by atoms with E-state index in [1.54, 1.807) is 6.20 Å². The van der Waals surface area contributed by atoms with E-state index in [0.717, 1.165) is 28.2 Å². The highest BCUT2D eigenvalue weighted by Gasteiger charge is 2.07. The first-order valence-corrected chi connectivity index (χ1v) is 6.38. The summed E-state index contributed by atoms with van der Waals surface area (Å²) in [6.07, 6.45) is 3.60. The maximum Gasteiger partial charge on any atom is 0.179 e. The number of aromatic nitrogens is 5. The lowest BCUT2D eigenvalue weighted by molar-refractivity contribution is 0.765. The predicted octanol–water partition coefficient (Wildman–Crippen LogP) is 2.55. The van der Waals surface area contributed by atoms with Gasteiger partial charge in [-0.05, 0) is 43.8 Å². The van der Waals surface area contributed by atoms with Crippen molar-refractivity contribution >= 4 is 23.4 Å². The zero-order chi connectivity index (χ0) is 13.4. The minimum absolute atomic E-state index is 0.595. The van der Waals surface area contributed by atoms with E-state index in [0.29, 0.717) is 11.3 Å². The van der Waals surface area contributed by atoms with Crippen molar-refractivity contribution in [2.75, 3.05) is 0 Å². The molecule has 3 aromatic heterocycles. The van der Waals surface area contributed by atoms with Crippen molar-refractivity contribution in [3.63, 3.8) is 0 Å². The Morgan fingerprint density at radius 2 is 2.16 bits per heavy atom. The molecule has 3 rings (SSSR count). The van der Waals surface area contributed by atoms with Crippen molar-refractivity contribution in [1.29, 1.82) is 0 Å². The Kier molecular flexibility index (Phi) is 2.87. The number of hydrogen-bond acceptors (Lipinski definition) is 4. The van der Waals surface area contributed by atoms with Crippen molar-refractivity contribution in [3.8, 4) is 0 Å². The van der Waals surface area contributed by atoms with Crippen molar-refractivity contribution in [2.24, 2.45) is 0 Å². The lowest BCUT2D eigenvalue weighted by Crippen LogP contribution is -2.04. The molecular formula is C13H13N5S. The van der Waals surface area contributed by atoms with Gasteiger partial charge in [0.15, 0.2) is 10.4 Å². The SMILES string of the molecule is Cc1cnc2c(c1)[nH]c(=S)n2Cc1ccnc(C)n1. The highest BCUT2D eigenvalue weighted by Crippen LogP contribution is 2.14. The predicted molar refractivity (Wildman–Crippen MR) is 75.5 cm³/mol. The Morgan fingerprint density at radius 3 is 2.95 bits per heavy atom. The standard InChI is InChI=1S/C13H13N5S/c1-8-5-11-12(15-6-8)18(13(19)17-11)7-10-3-4-14-9(2)16-10/h3-6H,7H2,1-2H3,(H,17,19). The monoisotopic (exact) mass is 271 g/mol. The first-order chi connectivity index (χ1) is 9.13. The van der Waals surface area contributed by atoms with Crippen LogP contribution in [0.3, 0.4) is 0 Å². The van der Waals surface area contributed by atoms with Crippen LogP contribution < -0.4 is 0 Å². The van der Waals surface area contributed by atoms with Gasteiger partial charge in [0.05, 0.1) is 17.8 Å². The molecule has 19 heavy (non-hydrogen) atoms. The Bertz CT molecular complexity index is 802. The van der Waals surface area contributed by atoms with Crippen LogP contribution in [0.15, 0.2) is 24.5 Å². The number of hydrogen-bond donors (Lipinski definition) is 1. The number of imidazole rings is 1. The molecule has 0 saturated carbocycles. The highest BCUT2D eigenvalue weighted by atomic mass is 32.1. The summed E-state index contributed by atoms with van der Waals surface area (Å²) in [5.74, 6) is 0.757. The topological polar surface area (TPSA) is 59.4 Å². The third-order valence-electron chi connectivity index (χ3n) is 2.90. The van der Waals surface area contributed by atoms with Crippen LogP contribution in [0.25, 0.3) is 11.2 Å². The van der Waals surface area contributed by atoms with E-state index in [1.165, 1.54) is 0 Å². The summed E-state index contributed by atoms with van der Waals surface area (Å²) in [7, 11) is 0. The average Bonchev–Trinajstić information content (AvgIpc) is 2.65. The molecule has 0 bridgehead atoms. The minimum Gasteiger partial charge on any atom is -0.329 e. The molecule has 0 radical (unpaired) electrons. The molecule has 5 nitrogen and oxygen atoms in total. The van der Waals surface area contributed by atoms with Crippen molar-refractivity contribution < 1.29 is 0 Å². The normalized spacial score (nSPS) is 11.1. The second kappa shape index (κ2) is 4.55. The summed E-state index contributed by atoms with van der Waals surface area (Å²) in [6.45, 7) is 4.48. The van der Waals surface area contributed by atoms with E-state index in [2.05, 4.69) is 19.9 Å². The molecule has 0 amide bonds. The zero-order valence-electron chi connectivity index (χ0n) is 10.7. The average molecular weight is 271 g/mol. The van der Waals surface area contributed by atoms with Gasteiger partial charge in [0.2, 0.25) is 0 Å². The molecule has 3 aromatic rings. The molecule has 0 spiro atoms. The van der Waals surface area contributed by atoms with E-state index in [4.69, 9.17) is 12.2 Å². The lowest BCUT2D eigenvalue weighted by Gasteiger charge is -2.04. The fourth-order valence-electron chi connectivity index (χ4n) is 2.05. The largest absolute Gasteiger partial charge is 0.329 e. The molecule has 0 unspecified atom stereocenters. The maximum absolute atomic E-state index is 5.35. The highest BCUT2D eigenvalue weighted by molar-refractivity contribution is 7.71. The molecule has 96 valence electrons. The van der Waals surface area contributed by atoms with Crippen LogP contribution in [0.1, 0.15) is 17.1 Å². The van der Waals surface area contributed by atoms with Crippen molar-refractivity contribution in [2.45, 2.75) is 20.4 Å². The van der Waals surface area contributed by atoms with Gasteiger partial charge in [0.1, 0.15) is 5.82 Å². The second-order valence-corrected chi connectivity index (χ2v) is 4.88. The molecule has 0 aliphatic carbocycles. The molecule has 0 aliphatic rings. The molecule has 6 heteroatoms. The summed E-state index contributed by atoms with van der Waals surface area (Å²) < 4.78 is 2.61. The number of pyridine rings is 1. The second-order valence-electron chi connectivity index (χ2n) is 4.50. The van der Waals surface area contributed by atoms with Crippen LogP contribution >= 0.6 is 12.2 Å². The van der Waals surface area contributed by atoms with E-state index in [-0.39, 0.29) is 0 Å². The fraction of sp³-hybridized carbons (Fsp3) is 0.231. The number of H-pyrrole nitrogens is 1. The van der Waals surface area contributed by atoms with Crippen molar-refractivity contribution in [3.05, 3.63) is 46.4 Å². The molecule has 0 atom stereocenters. The Hall–Kier alpha value is -2.08. The van der Waals surface area contributed by atoms with Gasteiger partial charge >= 0.3 is 0 Å². The van der Waals surface area contributed by atoms with E-state index >= 15 is 0 Å². The number of rotatable bonds is 2. The van der Waals surface area contributed by atoms with Gasteiger partial charge < -0.3 is 4.98 Å². The van der Waals surface area contributed by atoms with Crippen LogP contribution in [0.4, 0.5) is 0 Å². The maximum atomic E-state index is 5.35. The van der Waals surface area contributed by atoms with Gasteiger partial charge in [-0.15, -0.1) is 0 Å². The Balaban J connectivity index is 2.10. The van der Waals surface area contributed by atoms with Crippen LogP contribution in [-0.4, -0.2) is 24.5 Å². The smallest absolute Gasteiger partial charge is 0.179 e. The Labute approximate surface area is 115 Å². The van der Waals surface area contributed by atoms with Crippen LogP contribution in [0.2, 0.25) is 0 Å². The molecule has 0 fully saturated rings. The van der Waals surface area contributed by atoms with Crippen molar-refractivity contribution in [1.82, 2.24) is 24.5 Å². The quantitative estimate of drug-likeness (QED) is 0.728. The minimum atomic E-state index is 0.595. The molecule has 3 heterocycles. The lowest BCUT2D eigenvalue weighted by atomic mass is 10.3. The van der Waals surface area contributed by atoms with Gasteiger partial charge in [-0.25, -0.2) is 15.0 Å². The zero-order valence-corrected chi connectivity index (χ0v) is 11.5. The molecule has 0 aromatic carbocycles. The molecule has 0 aliphatic heterocycles. The third-order valence-corrected chi connectivity index (χ3v) is 3.22.